The zero-order chi connectivity index (χ0) is 9.14. The number of carbonyl (C=O) groups excluding carboxylic acids is 1. The lowest BCUT2D eigenvalue weighted by Gasteiger charge is -2.30. The molecule has 0 N–H and O–H groups in total. The number of likely N-dealkylation sites (tertiary alicyclic amines) is 1. The summed E-state index contributed by atoms with van der Waals surface area (Å²) in [4.78, 5) is 13.0. The van der Waals surface area contributed by atoms with E-state index in [9.17, 15) is 4.79 Å². The van der Waals surface area contributed by atoms with Crippen LogP contribution in [0.1, 0.15) is 33.1 Å². The summed E-state index contributed by atoms with van der Waals surface area (Å²) >= 11 is 0. The molecule has 0 saturated carbocycles. The zero-order valence-corrected chi connectivity index (χ0v) is 8.34. The molecule has 0 aromatic rings. The van der Waals surface area contributed by atoms with Crippen LogP contribution in [0.25, 0.3) is 0 Å². The van der Waals surface area contributed by atoms with Gasteiger partial charge in [0, 0.05) is 20.0 Å². The highest BCUT2D eigenvalue weighted by Gasteiger charge is 2.22. The first-order valence-corrected chi connectivity index (χ1v) is 4.83. The first-order valence-electron chi connectivity index (χ1n) is 4.83. The lowest BCUT2D eigenvalue weighted by Crippen LogP contribution is -2.37. The Bertz CT molecular complexity index is 165. The molecule has 1 unspecified atom stereocenters. The summed E-state index contributed by atoms with van der Waals surface area (Å²) < 4.78 is 0. The molecule has 12 heavy (non-hydrogen) atoms. The molecule has 1 fully saturated rings. The average molecular weight is 169 g/mol. The van der Waals surface area contributed by atoms with E-state index in [-0.39, 0.29) is 0 Å². The molecule has 0 radical (unpaired) electrons. The molecule has 0 aliphatic carbocycles. The Morgan fingerprint density at radius 1 is 1.58 bits per heavy atom. The van der Waals surface area contributed by atoms with Crippen molar-refractivity contribution in [1.29, 1.82) is 0 Å². The van der Waals surface area contributed by atoms with E-state index < -0.39 is 0 Å². The van der Waals surface area contributed by atoms with Crippen molar-refractivity contribution in [2.75, 3.05) is 13.6 Å². The molecule has 70 valence electrons. The van der Waals surface area contributed by atoms with E-state index in [4.69, 9.17) is 0 Å². The van der Waals surface area contributed by atoms with Crippen LogP contribution < -0.4 is 0 Å². The molecule has 1 heterocycles. The van der Waals surface area contributed by atoms with Gasteiger partial charge >= 0.3 is 0 Å². The number of hydrogen-bond donors (Lipinski definition) is 0. The average Bonchev–Trinajstić information content (AvgIpc) is 1.96. The molecule has 0 bridgehead atoms. The number of amides is 1. The molecule has 0 aromatic heterocycles. The van der Waals surface area contributed by atoms with Gasteiger partial charge in [0.2, 0.25) is 5.91 Å². The molecule has 1 aliphatic heterocycles. The first-order chi connectivity index (χ1) is 5.59. The fourth-order valence-corrected chi connectivity index (χ4v) is 1.96. The van der Waals surface area contributed by atoms with E-state index in [0.717, 1.165) is 31.2 Å². The monoisotopic (exact) mass is 169 g/mol. The fraction of sp³-hybridized carbons (Fsp3) is 0.900. The summed E-state index contributed by atoms with van der Waals surface area (Å²) in [5.74, 6) is 1.82. The highest BCUT2D eigenvalue weighted by Crippen LogP contribution is 2.22. The summed E-state index contributed by atoms with van der Waals surface area (Å²) in [6.07, 6.45) is 3.12. The van der Waals surface area contributed by atoms with Crippen molar-refractivity contribution in [3.8, 4) is 0 Å². The van der Waals surface area contributed by atoms with Gasteiger partial charge in [-0.2, -0.15) is 0 Å². The van der Waals surface area contributed by atoms with Crippen LogP contribution in [0.3, 0.4) is 0 Å². The molecular weight excluding hydrogens is 150 g/mol. The van der Waals surface area contributed by atoms with Crippen LogP contribution in [0.15, 0.2) is 0 Å². The summed E-state index contributed by atoms with van der Waals surface area (Å²) in [5.41, 5.74) is 0. The number of carbonyl (C=O) groups is 1. The Hall–Kier alpha value is -0.530. The molecular formula is C10H19NO. The van der Waals surface area contributed by atoms with Crippen molar-refractivity contribution in [3.63, 3.8) is 0 Å². The van der Waals surface area contributed by atoms with E-state index in [1.54, 1.807) is 0 Å². The highest BCUT2D eigenvalue weighted by atomic mass is 16.2. The fourth-order valence-electron chi connectivity index (χ4n) is 1.96. The van der Waals surface area contributed by atoms with Crippen molar-refractivity contribution in [3.05, 3.63) is 0 Å². The van der Waals surface area contributed by atoms with Crippen molar-refractivity contribution < 1.29 is 4.79 Å². The largest absolute Gasteiger partial charge is 0.345 e. The van der Waals surface area contributed by atoms with Crippen molar-refractivity contribution in [2.24, 2.45) is 11.8 Å². The first kappa shape index (κ1) is 9.56. The van der Waals surface area contributed by atoms with Crippen LogP contribution in [0.5, 0.6) is 0 Å². The quantitative estimate of drug-likeness (QED) is 0.618. The van der Waals surface area contributed by atoms with E-state index in [0.29, 0.717) is 5.91 Å². The summed E-state index contributed by atoms with van der Waals surface area (Å²) in [6, 6.07) is 0. The van der Waals surface area contributed by atoms with E-state index in [1.807, 2.05) is 11.9 Å². The molecule has 0 aromatic carbocycles. The summed E-state index contributed by atoms with van der Waals surface area (Å²) in [5, 5.41) is 0. The lowest BCUT2D eigenvalue weighted by atomic mass is 9.90. The van der Waals surface area contributed by atoms with Gasteiger partial charge in [0.05, 0.1) is 0 Å². The minimum Gasteiger partial charge on any atom is -0.345 e. The Morgan fingerprint density at radius 2 is 2.25 bits per heavy atom. The van der Waals surface area contributed by atoms with E-state index in [1.165, 1.54) is 6.42 Å². The van der Waals surface area contributed by atoms with E-state index >= 15 is 0 Å². The van der Waals surface area contributed by atoms with Gasteiger partial charge in [-0.25, -0.2) is 0 Å². The standard InChI is InChI=1S/C10H19NO/c1-8(2)6-9-4-5-10(12)11(3)7-9/h8-9H,4-7H2,1-3H3. The molecule has 1 aliphatic rings. The van der Waals surface area contributed by atoms with Crippen LogP contribution in [-0.4, -0.2) is 24.4 Å². The molecule has 1 amide bonds. The molecule has 0 spiro atoms. The highest BCUT2D eigenvalue weighted by molar-refractivity contribution is 5.76. The smallest absolute Gasteiger partial charge is 0.222 e. The third kappa shape index (κ3) is 2.50. The van der Waals surface area contributed by atoms with Crippen LogP contribution in [0.4, 0.5) is 0 Å². The normalized spacial score (nSPS) is 25.2. The van der Waals surface area contributed by atoms with Crippen LogP contribution in [0, 0.1) is 11.8 Å². The van der Waals surface area contributed by atoms with Crippen LogP contribution >= 0.6 is 0 Å². The topological polar surface area (TPSA) is 20.3 Å². The Morgan fingerprint density at radius 3 is 2.75 bits per heavy atom. The van der Waals surface area contributed by atoms with Crippen molar-refractivity contribution in [1.82, 2.24) is 4.90 Å². The van der Waals surface area contributed by atoms with Crippen LogP contribution in [0.2, 0.25) is 0 Å². The Labute approximate surface area is 74.9 Å². The van der Waals surface area contributed by atoms with Gasteiger partial charge in [0.25, 0.3) is 0 Å². The summed E-state index contributed by atoms with van der Waals surface area (Å²) in [7, 11) is 1.91. The number of nitrogens with zero attached hydrogens (tertiary/aromatic N) is 1. The maximum Gasteiger partial charge on any atom is 0.222 e. The number of rotatable bonds is 2. The molecule has 1 atom stereocenters. The van der Waals surface area contributed by atoms with Crippen molar-refractivity contribution >= 4 is 5.91 Å². The predicted octanol–water partition coefficient (Wildman–Crippen LogP) is 1.90. The second kappa shape index (κ2) is 3.92. The summed E-state index contributed by atoms with van der Waals surface area (Å²) in [6.45, 7) is 5.46. The second-order valence-electron chi connectivity index (χ2n) is 4.31. The Kier molecular flexibility index (Phi) is 3.12. The Balaban J connectivity index is 2.35. The van der Waals surface area contributed by atoms with Gasteiger partial charge in [-0.15, -0.1) is 0 Å². The van der Waals surface area contributed by atoms with Gasteiger partial charge < -0.3 is 4.90 Å². The zero-order valence-electron chi connectivity index (χ0n) is 8.34. The second-order valence-corrected chi connectivity index (χ2v) is 4.31. The van der Waals surface area contributed by atoms with Gasteiger partial charge in [-0.05, 0) is 24.7 Å². The number of hydrogen-bond acceptors (Lipinski definition) is 1. The van der Waals surface area contributed by atoms with Crippen molar-refractivity contribution in [2.45, 2.75) is 33.1 Å². The third-order valence-electron chi connectivity index (χ3n) is 2.53. The van der Waals surface area contributed by atoms with E-state index in [2.05, 4.69) is 13.8 Å². The number of piperidine rings is 1. The van der Waals surface area contributed by atoms with Gasteiger partial charge in [-0.3, -0.25) is 4.79 Å². The van der Waals surface area contributed by atoms with Crippen LogP contribution in [-0.2, 0) is 4.79 Å². The maximum absolute atomic E-state index is 11.2. The minimum atomic E-state index is 0.315. The molecule has 1 rings (SSSR count). The SMILES string of the molecule is CC(C)CC1CCC(=O)N(C)C1. The van der Waals surface area contributed by atoms with Gasteiger partial charge in [-0.1, -0.05) is 13.8 Å². The van der Waals surface area contributed by atoms with Gasteiger partial charge in [0.15, 0.2) is 0 Å². The molecule has 2 heteroatoms. The third-order valence-corrected chi connectivity index (χ3v) is 2.53. The lowest BCUT2D eigenvalue weighted by molar-refractivity contribution is -0.133. The van der Waals surface area contributed by atoms with Gasteiger partial charge in [0.1, 0.15) is 0 Å². The maximum atomic E-state index is 11.2. The minimum absolute atomic E-state index is 0.315. The molecule has 1 saturated heterocycles. The molecule has 2 nitrogen and oxygen atoms in total. The predicted molar refractivity (Wildman–Crippen MR) is 49.8 cm³/mol.